The average Bonchev–Trinajstić information content (AvgIpc) is 2.36. The molecule has 2 unspecified atom stereocenters. The summed E-state index contributed by atoms with van der Waals surface area (Å²) in [4.78, 5) is 0. The van der Waals surface area contributed by atoms with Crippen LogP contribution in [0, 0.1) is 11.3 Å². The van der Waals surface area contributed by atoms with Crippen molar-refractivity contribution in [2.75, 3.05) is 13.7 Å². The molecular formula is C18H30BrNO. The molecule has 0 aliphatic rings. The summed E-state index contributed by atoms with van der Waals surface area (Å²) in [5.41, 5.74) is 1.62. The predicted octanol–water partition coefficient (Wildman–Crippen LogP) is 5.57. The van der Waals surface area contributed by atoms with Crippen molar-refractivity contribution in [2.45, 2.75) is 53.5 Å². The minimum absolute atomic E-state index is 0.333. The van der Waals surface area contributed by atoms with E-state index in [0.717, 1.165) is 23.2 Å². The van der Waals surface area contributed by atoms with Crippen molar-refractivity contribution < 1.29 is 4.74 Å². The number of benzene rings is 1. The second kappa shape index (κ2) is 8.19. The van der Waals surface area contributed by atoms with E-state index in [-0.39, 0.29) is 0 Å². The van der Waals surface area contributed by atoms with E-state index in [4.69, 9.17) is 4.74 Å². The van der Waals surface area contributed by atoms with Crippen molar-refractivity contribution in [1.82, 2.24) is 5.32 Å². The molecule has 0 fully saturated rings. The normalized spacial score (nSPS) is 14.8. The first-order valence-corrected chi connectivity index (χ1v) is 8.63. The average molecular weight is 356 g/mol. The number of halogens is 1. The fraction of sp³-hybridized carbons (Fsp3) is 0.667. The summed E-state index contributed by atoms with van der Waals surface area (Å²) in [5.74, 6) is 1.63. The Labute approximate surface area is 138 Å². The summed E-state index contributed by atoms with van der Waals surface area (Å²) in [6, 6.07) is 6.58. The number of rotatable bonds is 7. The van der Waals surface area contributed by atoms with Crippen molar-refractivity contribution >= 4 is 15.9 Å². The first kappa shape index (κ1) is 18.5. The fourth-order valence-corrected chi connectivity index (χ4v) is 3.45. The summed E-state index contributed by atoms with van der Waals surface area (Å²) >= 11 is 3.58. The standard InChI is InChI=1S/C18H30BrNO/c1-7-20-16(10-13(2)12-18(3,4)5)15-11-14(19)8-9-17(15)21-6/h8-9,11,13,16,20H,7,10,12H2,1-6H3. The predicted molar refractivity (Wildman–Crippen MR) is 95.0 cm³/mol. The molecular weight excluding hydrogens is 326 g/mol. The highest BCUT2D eigenvalue weighted by Crippen LogP contribution is 2.35. The van der Waals surface area contributed by atoms with Crippen LogP contribution in [-0.2, 0) is 0 Å². The molecule has 0 saturated carbocycles. The molecule has 3 heteroatoms. The summed E-state index contributed by atoms with van der Waals surface area (Å²) in [6.45, 7) is 12.4. The number of methoxy groups -OCH3 is 1. The SMILES string of the molecule is CCNC(CC(C)CC(C)(C)C)c1cc(Br)ccc1OC. The van der Waals surface area contributed by atoms with Crippen LogP contribution >= 0.6 is 15.9 Å². The van der Waals surface area contributed by atoms with Gasteiger partial charge in [0.05, 0.1) is 7.11 Å². The molecule has 2 atom stereocenters. The minimum atomic E-state index is 0.333. The van der Waals surface area contributed by atoms with Gasteiger partial charge in [-0.1, -0.05) is 50.5 Å². The van der Waals surface area contributed by atoms with Gasteiger partial charge in [-0.25, -0.2) is 0 Å². The van der Waals surface area contributed by atoms with E-state index >= 15 is 0 Å². The molecule has 0 aliphatic heterocycles. The van der Waals surface area contributed by atoms with Gasteiger partial charge in [0, 0.05) is 16.1 Å². The Morgan fingerprint density at radius 1 is 1.29 bits per heavy atom. The third kappa shape index (κ3) is 6.39. The lowest BCUT2D eigenvalue weighted by atomic mass is 9.82. The lowest BCUT2D eigenvalue weighted by Crippen LogP contribution is -2.24. The second-order valence-corrected chi connectivity index (χ2v) is 8.02. The van der Waals surface area contributed by atoms with Crippen molar-refractivity contribution in [3.05, 3.63) is 28.2 Å². The molecule has 0 amide bonds. The number of hydrogen-bond acceptors (Lipinski definition) is 2. The van der Waals surface area contributed by atoms with Crippen molar-refractivity contribution in [3.63, 3.8) is 0 Å². The quantitative estimate of drug-likeness (QED) is 0.689. The number of ether oxygens (including phenoxy) is 1. The van der Waals surface area contributed by atoms with Crippen molar-refractivity contribution in [3.8, 4) is 5.75 Å². The van der Waals surface area contributed by atoms with E-state index in [9.17, 15) is 0 Å². The van der Waals surface area contributed by atoms with Gasteiger partial charge in [-0.2, -0.15) is 0 Å². The van der Waals surface area contributed by atoms with E-state index in [2.05, 4.69) is 61.9 Å². The monoisotopic (exact) mass is 355 g/mol. The number of nitrogens with one attached hydrogen (secondary N) is 1. The molecule has 1 rings (SSSR count). The maximum Gasteiger partial charge on any atom is 0.123 e. The molecule has 0 aromatic heterocycles. The Morgan fingerprint density at radius 3 is 2.48 bits per heavy atom. The molecule has 0 saturated heterocycles. The molecule has 120 valence electrons. The van der Waals surface area contributed by atoms with Gasteiger partial charge in [0.1, 0.15) is 5.75 Å². The Morgan fingerprint density at radius 2 is 1.95 bits per heavy atom. The van der Waals surface area contributed by atoms with Crippen LogP contribution in [0.2, 0.25) is 0 Å². The highest BCUT2D eigenvalue weighted by molar-refractivity contribution is 9.10. The van der Waals surface area contributed by atoms with Gasteiger partial charge < -0.3 is 10.1 Å². The van der Waals surface area contributed by atoms with E-state index in [1.165, 1.54) is 12.0 Å². The first-order valence-electron chi connectivity index (χ1n) is 7.83. The van der Waals surface area contributed by atoms with Crippen LogP contribution < -0.4 is 10.1 Å². The molecule has 0 radical (unpaired) electrons. The zero-order valence-electron chi connectivity index (χ0n) is 14.3. The van der Waals surface area contributed by atoms with Gasteiger partial charge in [0.2, 0.25) is 0 Å². The van der Waals surface area contributed by atoms with Crippen LogP contribution in [0.25, 0.3) is 0 Å². The van der Waals surface area contributed by atoms with Crippen molar-refractivity contribution in [1.29, 1.82) is 0 Å². The van der Waals surface area contributed by atoms with Crippen LogP contribution in [0.5, 0.6) is 5.75 Å². The summed E-state index contributed by atoms with van der Waals surface area (Å²) < 4.78 is 6.65. The highest BCUT2D eigenvalue weighted by Gasteiger charge is 2.22. The minimum Gasteiger partial charge on any atom is -0.496 e. The molecule has 0 heterocycles. The van der Waals surface area contributed by atoms with Gasteiger partial charge in [0.25, 0.3) is 0 Å². The molecule has 0 aliphatic carbocycles. The van der Waals surface area contributed by atoms with Crippen LogP contribution in [0.1, 0.15) is 59.1 Å². The largest absolute Gasteiger partial charge is 0.496 e. The Kier molecular flexibility index (Phi) is 7.22. The number of hydrogen-bond donors (Lipinski definition) is 1. The molecule has 0 spiro atoms. The molecule has 2 nitrogen and oxygen atoms in total. The van der Waals surface area contributed by atoms with Crippen LogP contribution in [0.3, 0.4) is 0 Å². The molecule has 1 aromatic rings. The van der Waals surface area contributed by atoms with Crippen LogP contribution in [-0.4, -0.2) is 13.7 Å². The fourth-order valence-electron chi connectivity index (χ4n) is 3.08. The van der Waals surface area contributed by atoms with E-state index in [1.54, 1.807) is 7.11 Å². The Hall–Kier alpha value is -0.540. The molecule has 1 aromatic carbocycles. The second-order valence-electron chi connectivity index (χ2n) is 7.10. The maximum absolute atomic E-state index is 5.55. The summed E-state index contributed by atoms with van der Waals surface area (Å²) in [5, 5.41) is 3.62. The van der Waals surface area contributed by atoms with Gasteiger partial charge in [-0.15, -0.1) is 0 Å². The van der Waals surface area contributed by atoms with Crippen LogP contribution in [0.4, 0.5) is 0 Å². The third-order valence-corrected chi connectivity index (χ3v) is 4.11. The van der Waals surface area contributed by atoms with Crippen LogP contribution in [0.15, 0.2) is 22.7 Å². The topological polar surface area (TPSA) is 21.3 Å². The first-order chi connectivity index (χ1) is 9.76. The molecule has 1 N–H and O–H groups in total. The molecule has 21 heavy (non-hydrogen) atoms. The van der Waals surface area contributed by atoms with Gasteiger partial charge in [-0.05, 0) is 48.9 Å². The highest BCUT2D eigenvalue weighted by atomic mass is 79.9. The maximum atomic E-state index is 5.55. The lowest BCUT2D eigenvalue weighted by molar-refractivity contribution is 0.274. The Balaban J connectivity index is 2.93. The summed E-state index contributed by atoms with van der Waals surface area (Å²) in [7, 11) is 1.74. The lowest BCUT2D eigenvalue weighted by Gasteiger charge is -2.28. The zero-order valence-corrected chi connectivity index (χ0v) is 15.9. The molecule has 0 bridgehead atoms. The zero-order chi connectivity index (χ0) is 16.0. The summed E-state index contributed by atoms with van der Waals surface area (Å²) in [6.07, 6.45) is 2.35. The Bertz CT molecular complexity index is 439. The van der Waals surface area contributed by atoms with E-state index in [0.29, 0.717) is 17.4 Å². The smallest absolute Gasteiger partial charge is 0.123 e. The van der Waals surface area contributed by atoms with E-state index in [1.807, 2.05) is 12.1 Å². The van der Waals surface area contributed by atoms with Gasteiger partial charge in [-0.3, -0.25) is 0 Å². The van der Waals surface area contributed by atoms with E-state index < -0.39 is 0 Å². The van der Waals surface area contributed by atoms with Gasteiger partial charge in [0.15, 0.2) is 0 Å². The van der Waals surface area contributed by atoms with Gasteiger partial charge >= 0.3 is 0 Å². The third-order valence-electron chi connectivity index (χ3n) is 3.62. The van der Waals surface area contributed by atoms with Crippen molar-refractivity contribution in [2.24, 2.45) is 11.3 Å².